The smallest absolute Gasteiger partial charge is 0.152 e. The van der Waals surface area contributed by atoms with Crippen LogP contribution in [0.2, 0.25) is 0 Å². The van der Waals surface area contributed by atoms with E-state index >= 15 is 0 Å². The number of Topliss-reactive ketones (excluding diaryl/α,β-unsaturated/α-hetero) is 1. The second-order valence-corrected chi connectivity index (χ2v) is 6.83. The highest BCUT2D eigenvalue weighted by atomic mass is 19.1. The number of ketones is 1. The van der Waals surface area contributed by atoms with Crippen LogP contribution < -0.4 is 0 Å². The molecule has 1 atom stereocenters. The topological polar surface area (TPSA) is 63.9 Å². The lowest BCUT2D eigenvalue weighted by Gasteiger charge is -2.13. The fourth-order valence-corrected chi connectivity index (χ4v) is 3.33. The van der Waals surface area contributed by atoms with E-state index in [1.807, 2.05) is 30.3 Å². The van der Waals surface area contributed by atoms with Gasteiger partial charge in [-0.05, 0) is 23.9 Å². The predicted molar refractivity (Wildman–Crippen MR) is 96.4 cm³/mol. The van der Waals surface area contributed by atoms with Gasteiger partial charge in [0.1, 0.15) is 6.17 Å². The molecule has 1 aliphatic heterocycles. The van der Waals surface area contributed by atoms with Crippen LogP contribution in [0.15, 0.2) is 36.9 Å². The van der Waals surface area contributed by atoms with Crippen molar-refractivity contribution in [2.45, 2.75) is 19.0 Å². The molecule has 1 saturated heterocycles. The third-order valence-electron chi connectivity index (χ3n) is 4.65. The van der Waals surface area contributed by atoms with E-state index in [9.17, 15) is 9.18 Å². The first-order valence-electron chi connectivity index (χ1n) is 8.68. The van der Waals surface area contributed by atoms with E-state index in [-0.39, 0.29) is 18.7 Å². The van der Waals surface area contributed by atoms with Crippen LogP contribution in [-0.2, 0) is 18.3 Å². The number of aryl methyl sites for hydroxylation is 1. The van der Waals surface area contributed by atoms with Crippen LogP contribution in [0.3, 0.4) is 0 Å². The molecule has 4 rings (SSSR count). The van der Waals surface area contributed by atoms with Crippen molar-refractivity contribution in [2.24, 2.45) is 7.05 Å². The van der Waals surface area contributed by atoms with Gasteiger partial charge >= 0.3 is 0 Å². The van der Waals surface area contributed by atoms with Gasteiger partial charge in [-0.1, -0.05) is 0 Å². The van der Waals surface area contributed by atoms with Crippen LogP contribution in [0.25, 0.3) is 22.0 Å². The van der Waals surface area contributed by atoms with Gasteiger partial charge in [-0.2, -0.15) is 5.10 Å². The number of likely N-dealkylation sites (tertiary alicyclic amines) is 1. The largest absolute Gasteiger partial charge is 0.298 e. The summed E-state index contributed by atoms with van der Waals surface area (Å²) in [5.74, 6) is 0.0625. The third-order valence-corrected chi connectivity index (χ3v) is 4.65. The highest BCUT2D eigenvalue weighted by Crippen LogP contribution is 2.22. The summed E-state index contributed by atoms with van der Waals surface area (Å²) in [6.07, 6.45) is 7.18. The van der Waals surface area contributed by atoms with Gasteiger partial charge in [0, 0.05) is 55.4 Å². The minimum Gasteiger partial charge on any atom is -0.298 e. The molecule has 26 heavy (non-hydrogen) atoms. The molecular weight excluding hydrogens is 333 g/mol. The fraction of sp³-hybridized carbons (Fsp3) is 0.368. The average Bonchev–Trinajstić information content (AvgIpc) is 3.22. The second-order valence-electron chi connectivity index (χ2n) is 6.83. The van der Waals surface area contributed by atoms with E-state index in [2.05, 4.69) is 15.1 Å². The zero-order valence-corrected chi connectivity index (χ0v) is 14.6. The molecule has 7 heteroatoms. The molecule has 1 aliphatic rings. The molecule has 0 saturated carbocycles. The van der Waals surface area contributed by atoms with Gasteiger partial charge in [-0.3, -0.25) is 24.3 Å². The molecule has 0 aliphatic carbocycles. The monoisotopic (exact) mass is 353 g/mol. The SMILES string of the molecule is Cn1cc(-c2cc3cc(CC(=O)CN4CC[C@@H](F)C4)ncc3cn2)cn1. The molecule has 0 aromatic carbocycles. The van der Waals surface area contributed by atoms with E-state index in [4.69, 9.17) is 0 Å². The number of nitrogens with zero attached hydrogens (tertiary/aromatic N) is 5. The molecular formula is C19H20FN5O. The highest BCUT2D eigenvalue weighted by Gasteiger charge is 2.23. The molecule has 0 bridgehead atoms. The van der Waals surface area contributed by atoms with Crippen molar-refractivity contribution >= 4 is 16.6 Å². The lowest BCUT2D eigenvalue weighted by Crippen LogP contribution is -2.29. The Balaban J connectivity index is 1.51. The zero-order chi connectivity index (χ0) is 18.1. The summed E-state index contributed by atoms with van der Waals surface area (Å²) in [7, 11) is 1.86. The van der Waals surface area contributed by atoms with Gasteiger partial charge in [0.05, 0.1) is 24.9 Å². The molecule has 0 unspecified atom stereocenters. The minimum absolute atomic E-state index is 0.0625. The van der Waals surface area contributed by atoms with Crippen molar-refractivity contribution in [2.75, 3.05) is 19.6 Å². The van der Waals surface area contributed by atoms with Crippen molar-refractivity contribution in [1.82, 2.24) is 24.6 Å². The predicted octanol–water partition coefficient (Wildman–Crippen LogP) is 2.19. The Morgan fingerprint density at radius 3 is 2.81 bits per heavy atom. The zero-order valence-electron chi connectivity index (χ0n) is 14.6. The molecule has 0 spiro atoms. The summed E-state index contributed by atoms with van der Waals surface area (Å²) in [4.78, 5) is 23.0. The summed E-state index contributed by atoms with van der Waals surface area (Å²) >= 11 is 0. The molecule has 134 valence electrons. The number of carbonyl (C=O) groups is 1. The average molecular weight is 353 g/mol. The first-order valence-corrected chi connectivity index (χ1v) is 8.68. The number of rotatable bonds is 5. The molecule has 3 aromatic rings. The molecule has 0 N–H and O–H groups in total. The fourth-order valence-electron chi connectivity index (χ4n) is 3.33. The van der Waals surface area contributed by atoms with Crippen LogP contribution >= 0.6 is 0 Å². The molecule has 1 fully saturated rings. The van der Waals surface area contributed by atoms with Gasteiger partial charge in [0.25, 0.3) is 0 Å². The third kappa shape index (κ3) is 3.62. The Bertz CT molecular complexity index is 954. The number of hydrogen-bond donors (Lipinski definition) is 0. The van der Waals surface area contributed by atoms with Gasteiger partial charge in [0.15, 0.2) is 5.78 Å². The van der Waals surface area contributed by atoms with E-state index in [0.29, 0.717) is 19.5 Å². The Labute approximate surface area is 150 Å². The van der Waals surface area contributed by atoms with Gasteiger partial charge in [-0.25, -0.2) is 4.39 Å². The number of hydrogen-bond acceptors (Lipinski definition) is 5. The first kappa shape index (κ1) is 16.8. The van der Waals surface area contributed by atoms with Crippen LogP contribution in [0, 0.1) is 0 Å². The minimum atomic E-state index is -0.806. The molecule has 4 heterocycles. The number of fused-ring (bicyclic) bond motifs is 1. The molecule has 6 nitrogen and oxygen atoms in total. The molecule has 0 radical (unpaired) electrons. The maximum absolute atomic E-state index is 13.2. The van der Waals surface area contributed by atoms with Crippen molar-refractivity contribution in [3.05, 3.63) is 42.6 Å². The summed E-state index contributed by atoms with van der Waals surface area (Å²) in [6, 6.07) is 3.91. The maximum Gasteiger partial charge on any atom is 0.152 e. The van der Waals surface area contributed by atoms with Crippen molar-refractivity contribution in [1.29, 1.82) is 0 Å². The second kappa shape index (κ2) is 6.92. The molecule has 3 aromatic heterocycles. The molecule has 0 amide bonds. The van der Waals surface area contributed by atoms with E-state index in [1.165, 1.54) is 0 Å². The highest BCUT2D eigenvalue weighted by molar-refractivity contribution is 5.87. The van der Waals surface area contributed by atoms with Gasteiger partial charge < -0.3 is 0 Å². The summed E-state index contributed by atoms with van der Waals surface area (Å²) < 4.78 is 15.0. The number of alkyl halides is 1. The van der Waals surface area contributed by atoms with Gasteiger partial charge in [0.2, 0.25) is 0 Å². The van der Waals surface area contributed by atoms with Crippen molar-refractivity contribution in [3.63, 3.8) is 0 Å². The Morgan fingerprint density at radius 2 is 2.08 bits per heavy atom. The van der Waals surface area contributed by atoms with Crippen LogP contribution in [0.1, 0.15) is 12.1 Å². The first-order chi connectivity index (χ1) is 12.6. The van der Waals surface area contributed by atoms with Crippen molar-refractivity contribution < 1.29 is 9.18 Å². The van der Waals surface area contributed by atoms with E-state index in [1.54, 1.807) is 23.3 Å². The lowest BCUT2D eigenvalue weighted by atomic mass is 10.1. The standard InChI is InChI=1S/C19H20FN5O/c1-24-10-15(9-23-24)19-5-13-4-17(21-7-14(13)8-22-19)6-18(26)12-25-3-2-16(20)11-25/h4-5,7-10,16H,2-3,6,11-12H2,1H3/t16-/m1/s1. The summed E-state index contributed by atoms with van der Waals surface area (Å²) in [5, 5.41) is 6.08. The Kier molecular flexibility index (Phi) is 4.46. The maximum atomic E-state index is 13.2. The summed E-state index contributed by atoms with van der Waals surface area (Å²) in [5.41, 5.74) is 2.50. The quantitative estimate of drug-likeness (QED) is 0.703. The normalized spacial score (nSPS) is 17.8. The van der Waals surface area contributed by atoms with Crippen molar-refractivity contribution in [3.8, 4) is 11.3 Å². The number of halogens is 1. The van der Waals surface area contributed by atoms with Crippen LogP contribution in [-0.4, -0.2) is 56.2 Å². The summed E-state index contributed by atoms with van der Waals surface area (Å²) in [6.45, 7) is 1.30. The van der Waals surface area contributed by atoms with E-state index in [0.717, 1.165) is 27.7 Å². The number of aromatic nitrogens is 4. The Hall–Kier alpha value is -2.67. The number of carbonyl (C=O) groups excluding carboxylic acids is 1. The lowest BCUT2D eigenvalue weighted by molar-refractivity contribution is -0.119. The van der Waals surface area contributed by atoms with Gasteiger partial charge in [-0.15, -0.1) is 0 Å². The van der Waals surface area contributed by atoms with E-state index < -0.39 is 6.17 Å². The van der Waals surface area contributed by atoms with Crippen LogP contribution in [0.4, 0.5) is 4.39 Å². The van der Waals surface area contributed by atoms with Crippen LogP contribution in [0.5, 0.6) is 0 Å². The number of pyridine rings is 2. The Morgan fingerprint density at radius 1 is 1.23 bits per heavy atom.